The third-order valence-electron chi connectivity index (χ3n) is 7.82. The largest absolute Gasteiger partial charge is 0.550 e. The number of carboxylic acid groups (broad SMARTS) is 2. The molecule has 0 unspecified atom stereocenters. The maximum Gasteiger partial charge on any atom is 0.0784 e. The summed E-state index contributed by atoms with van der Waals surface area (Å²) >= 11 is 0. The van der Waals surface area contributed by atoms with E-state index in [0.29, 0.717) is 12.8 Å². The molecule has 0 aromatic heterocycles. The Balaban J connectivity index is -0.000000515. The highest BCUT2D eigenvalue weighted by atomic mass is 16.4. The number of rotatable bonds is 25. The number of carbonyl (C=O) groups is 2. The molecule has 0 amide bonds. The second kappa shape index (κ2) is 30.8. The van der Waals surface area contributed by atoms with E-state index in [9.17, 15) is 19.8 Å². The highest BCUT2D eigenvalue weighted by Gasteiger charge is 2.19. The van der Waals surface area contributed by atoms with Crippen LogP contribution in [0.25, 0.3) is 0 Å². The van der Waals surface area contributed by atoms with E-state index in [2.05, 4.69) is 55.6 Å². The maximum absolute atomic E-state index is 9.92. The van der Waals surface area contributed by atoms with Crippen molar-refractivity contribution in [3.8, 4) is 0 Å². The molecular formula is C34H72N2O4. The number of carbonyl (C=O) groups excluding carboxylic acids is 2. The van der Waals surface area contributed by atoms with Crippen LogP contribution in [0.4, 0.5) is 0 Å². The lowest BCUT2D eigenvalue weighted by Crippen LogP contribution is -2.46. The standard InChI is InChI=1S/2C13H30N.C8H14O4/c2*1-5-8-11-14(4,12-9-6-2)13-10-7-3;9-7(10)5-3-1-2-4-6-8(11)12/h2*5-13H2,1-4H3;1-6H2,(H,9,10)(H,11,12)/q2*+1;/p-2. The Morgan fingerprint density at radius 3 is 0.750 bits per heavy atom. The van der Waals surface area contributed by atoms with Crippen molar-refractivity contribution in [3.05, 3.63) is 0 Å². The average molecular weight is 573 g/mol. The zero-order valence-electron chi connectivity index (χ0n) is 28.5. The molecule has 0 saturated heterocycles. The molecule has 0 radical (unpaired) electrons. The first-order chi connectivity index (χ1) is 19.0. The van der Waals surface area contributed by atoms with Crippen LogP contribution < -0.4 is 10.2 Å². The van der Waals surface area contributed by atoms with Crippen LogP contribution in [0.1, 0.15) is 157 Å². The molecule has 0 heterocycles. The third-order valence-corrected chi connectivity index (χ3v) is 7.82. The number of quaternary nitrogens is 2. The molecule has 0 saturated carbocycles. The first kappa shape index (κ1) is 43.3. The second-order valence-corrected chi connectivity index (χ2v) is 12.4. The summed E-state index contributed by atoms with van der Waals surface area (Å²) in [6.45, 7) is 22.1. The van der Waals surface area contributed by atoms with E-state index in [1.54, 1.807) is 0 Å². The van der Waals surface area contributed by atoms with Gasteiger partial charge in [-0.1, -0.05) is 92.9 Å². The molecule has 0 aliphatic carbocycles. The van der Waals surface area contributed by atoms with Gasteiger partial charge in [0.25, 0.3) is 0 Å². The lowest BCUT2D eigenvalue weighted by molar-refractivity contribution is -0.910. The molecule has 242 valence electrons. The van der Waals surface area contributed by atoms with Gasteiger partial charge in [-0.2, -0.15) is 0 Å². The first-order valence-electron chi connectivity index (χ1n) is 17.1. The normalized spacial score (nSPS) is 11.3. The fourth-order valence-electron chi connectivity index (χ4n) is 4.80. The van der Waals surface area contributed by atoms with E-state index < -0.39 is 11.9 Å². The topological polar surface area (TPSA) is 80.3 Å². The predicted molar refractivity (Wildman–Crippen MR) is 169 cm³/mol. The second-order valence-electron chi connectivity index (χ2n) is 12.4. The Morgan fingerprint density at radius 2 is 0.600 bits per heavy atom. The fourth-order valence-corrected chi connectivity index (χ4v) is 4.80. The lowest BCUT2D eigenvalue weighted by Gasteiger charge is -2.34. The molecule has 0 rings (SSSR count). The lowest BCUT2D eigenvalue weighted by atomic mass is 10.1. The summed E-state index contributed by atoms with van der Waals surface area (Å²) in [6.07, 6.45) is 19.1. The van der Waals surface area contributed by atoms with E-state index in [1.807, 2.05) is 0 Å². The van der Waals surface area contributed by atoms with E-state index in [1.165, 1.54) is 125 Å². The van der Waals surface area contributed by atoms with Gasteiger partial charge >= 0.3 is 0 Å². The van der Waals surface area contributed by atoms with Crippen molar-refractivity contribution in [2.24, 2.45) is 0 Å². The van der Waals surface area contributed by atoms with Crippen LogP contribution >= 0.6 is 0 Å². The van der Waals surface area contributed by atoms with E-state index in [0.717, 1.165) is 12.8 Å². The molecule has 6 nitrogen and oxygen atoms in total. The number of carboxylic acids is 2. The van der Waals surface area contributed by atoms with Gasteiger partial charge in [-0.25, -0.2) is 0 Å². The molecule has 0 aromatic carbocycles. The van der Waals surface area contributed by atoms with E-state index in [-0.39, 0.29) is 12.8 Å². The summed E-state index contributed by atoms with van der Waals surface area (Å²) in [4.78, 5) is 19.8. The molecule has 0 aliphatic rings. The van der Waals surface area contributed by atoms with Gasteiger partial charge in [-0.05, 0) is 64.2 Å². The van der Waals surface area contributed by atoms with Crippen molar-refractivity contribution in [1.29, 1.82) is 0 Å². The summed E-state index contributed by atoms with van der Waals surface area (Å²) in [5.74, 6) is -2.09. The molecule has 0 spiro atoms. The van der Waals surface area contributed by atoms with Crippen LogP contribution in [0.15, 0.2) is 0 Å². The van der Waals surface area contributed by atoms with Crippen LogP contribution in [0.5, 0.6) is 0 Å². The fraction of sp³-hybridized carbons (Fsp3) is 0.941. The maximum atomic E-state index is 9.92. The molecule has 6 heteroatoms. The number of unbranched alkanes of at least 4 members (excludes halogenated alkanes) is 9. The molecule has 0 atom stereocenters. The molecule has 0 bridgehead atoms. The summed E-state index contributed by atoms with van der Waals surface area (Å²) in [5, 5.41) is 19.8. The molecule has 0 N–H and O–H groups in total. The van der Waals surface area contributed by atoms with Gasteiger partial charge in [0.05, 0.1) is 53.4 Å². The van der Waals surface area contributed by atoms with Crippen molar-refractivity contribution in [3.63, 3.8) is 0 Å². The minimum Gasteiger partial charge on any atom is -0.550 e. The summed E-state index contributed by atoms with van der Waals surface area (Å²) < 4.78 is 2.63. The molecule has 40 heavy (non-hydrogen) atoms. The van der Waals surface area contributed by atoms with Crippen LogP contribution in [0, 0.1) is 0 Å². The Labute approximate surface area is 251 Å². The first-order valence-corrected chi connectivity index (χ1v) is 17.1. The van der Waals surface area contributed by atoms with Gasteiger partial charge in [-0.15, -0.1) is 0 Å². The van der Waals surface area contributed by atoms with Crippen molar-refractivity contribution >= 4 is 11.9 Å². The van der Waals surface area contributed by atoms with Crippen molar-refractivity contribution in [1.82, 2.24) is 0 Å². The van der Waals surface area contributed by atoms with Crippen LogP contribution in [0.2, 0.25) is 0 Å². The molecule has 0 aliphatic heterocycles. The summed E-state index contributed by atoms with van der Waals surface area (Å²) in [7, 11) is 4.89. The predicted octanol–water partition coefficient (Wildman–Crippen LogP) is 6.49. The van der Waals surface area contributed by atoms with Crippen LogP contribution in [-0.4, -0.2) is 74.3 Å². The third kappa shape index (κ3) is 33.1. The zero-order chi connectivity index (χ0) is 31.1. The van der Waals surface area contributed by atoms with Crippen molar-refractivity contribution in [2.75, 3.05) is 53.4 Å². The monoisotopic (exact) mass is 573 g/mol. The van der Waals surface area contributed by atoms with Crippen LogP contribution in [0.3, 0.4) is 0 Å². The summed E-state index contributed by atoms with van der Waals surface area (Å²) in [5.41, 5.74) is 0. The smallest absolute Gasteiger partial charge is 0.0784 e. The van der Waals surface area contributed by atoms with Crippen LogP contribution in [-0.2, 0) is 9.59 Å². The van der Waals surface area contributed by atoms with E-state index >= 15 is 0 Å². The van der Waals surface area contributed by atoms with Gasteiger partial charge in [0.15, 0.2) is 0 Å². The Hall–Kier alpha value is -1.14. The molecular weight excluding hydrogens is 500 g/mol. The van der Waals surface area contributed by atoms with Crippen molar-refractivity contribution < 1.29 is 28.8 Å². The zero-order valence-corrected chi connectivity index (χ0v) is 28.5. The highest BCUT2D eigenvalue weighted by Crippen LogP contribution is 2.12. The van der Waals surface area contributed by atoms with Crippen molar-refractivity contribution in [2.45, 2.75) is 157 Å². The number of hydrogen-bond acceptors (Lipinski definition) is 4. The van der Waals surface area contributed by atoms with Gasteiger partial charge in [0.2, 0.25) is 0 Å². The summed E-state index contributed by atoms with van der Waals surface area (Å²) in [6, 6.07) is 0. The Kier molecular flexibility index (Phi) is 33.4. The minimum atomic E-state index is -1.05. The Morgan fingerprint density at radius 1 is 0.400 bits per heavy atom. The van der Waals surface area contributed by atoms with E-state index in [4.69, 9.17) is 0 Å². The molecule has 0 aromatic rings. The molecule has 0 fully saturated rings. The number of hydrogen-bond donors (Lipinski definition) is 0. The average Bonchev–Trinajstić information content (AvgIpc) is 2.93. The SMILES string of the molecule is CCCC[N+](C)(CCCC)CCCC.CCCC[N+](C)(CCCC)CCCC.O=C([O-])CCCCCCC(=O)[O-]. The van der Waals surface area contributed by atoms with Gasteiger partial charge in [0.1, 0.15) is 0 Å². The quantitative estimate of drug-likeness (QED) is 0.0925. The highest BCUT2D eigenvalue weighted by molar-refractivity contribution is 5.64. The van der Waals surface area contributed by atoms with Gasteiger partial charge in [-0.3, -0.25) is 0 Å². The Bertz CT molecular complexity index is 463. The van der Waals surface area contributed by atoms with Gasteiger partial charge in [0, 0.05) is 11.9 Å². The number of nitrogens with zero attached hydrogens (tertiary/aromatic N) is 2. The number of aliphatic carboxylic acids is 2. The van der Waals surface area contributed by atoms with Gasteiger partial charge < -0.3 is 28.8 Å². The minimum absolute atomic E-state index is 0.0608.